The molecule has 1 saturated heterocycles. The van der Waals surface area contributed by atoms with Crippen LogP contribution in [-0.2, 0) is 26.8 Å². The molecule has 0 spiro atoms. The number of hydrogen-bond acceptors (Lipinski definition) is 6. The maximum absolute atomic E-state index is 13.4. The van der Waals surface area contributed by atoms with Crippen LogP contribution in [0.3, 0.4) is 0 Å². The summed E-state index contributed by atoms with van der Waals surface area (Å²) in [6.07, 6.45) is 2.58. The summed E-state index contributed by atoms with van der Waals surface area (Å²) in [5.74, 6) is 0. The minimum Gasteiger partial charge on any atom is -0.445 e. The van der Waals surface area contributed by atoms with Crippen LogP contribution in [0.5, 0.6) is 0 Å². The minimum atomic E-state index is -3.63. The molecule has 43 heavy (non-hydrogen) atoms. The predicted octanol–water partition coefficient (Wildman–Crippen LogP) is 5.14. The SMILES string of the molecule is CN(CC(C)(CCN1CCC(N(CCCO)C(=O)OCc2ccccc2)CC1)c1ccccc1)S(=O)(=O)c1ccccc1. The van der Waals surface area contributed by atoms with Crippen LogP contribution in [0.4, 0.5) is 4.79 Å². The van der Waals surface area contributed by atoms with Gasteiger partial charge in [0.25, 0.3) is 0 Å². The molecule has 0 saturated carbocycles. The number of carbonyl (C=O) groups is 1. The van der Waals surface area contributed by atoms with Gasteiger partial charge in [0, 0.05) is 51.3 Å². The number of piperidine rings is 1. The molecule has 232 valence electrons. The molecule has 0 bridgehead atoms. The third kappa shape index (κ3) is 8.89. The van der Waals surface area contributed by atoms with Gasteiger partial charge in [0.15, 0.2) is 0 Å². The highest BCUT2D eigenvalue weighted by molar-refractivity contribution is 7.89. The van der Waals surface area contributed by atoms with Crippen molar-refractivity contribution in [2.24, 2.45) is 0 Å². The van der Waals surface area contributed by atoms with E-state index in [4.69, 9.17) is 4.74 Å². The molecular formula is C34H45N3O5S. The zero-order valence-corrected chi connectivity index (χ0v) is 26.2. The van der Waals surface area contributed by atoms with E-state index in [1.807, 2.05) is 54.6 Å². The number of ether oxygens (including phenoxy) is 1. The van der Waals surface area contributed by atoms with E-state index in [-0.39, 0.29) is 25.3 Å². The van der Waals surface area contributed by atoms with Gasteiger partial charge >= 0.3 is 6.09 Å². The smallest absolute Gasteiger partial charge is 0.410 e. The van der Waals surface area contributed by atoms with Crippen LogP contribution >= 0.6 is 0 Å². The highest BCUT2D eigenvalue weighted by Gasteiger charge is 2.34. The lowest BCUT2D eigenvalue weighted by atomic mass is 9.79. The summed E-state index contributed by atoms with van der Waals surface area (Å²) in [6, 6.07) is 28.4. The molecule has 3 aromatic carbocycles. The summed E-state index contributed by atoms with van der Waals surface area (Å²) >= 11 is 0. The highest BCUT2D eigenvalue weighted by Crippen LogP contribution is 2.31. The Bertz CT molecular complexity index is 1370. The molecule has 1 N–H and O–H groups in total. The van der Waals surface area contributed by atoms with Crippen molar-refractivity contribution in [1.29, 1.82) is 0 Å². The molecule has 4 rings (SSSR count). The molecule has 1 atom stereocenters. The third-order valence-corrected chi connectivity index (χ3v) is 10.3. The number of aliphatic hydroxyl groups is 1. The summed E-state index contributed by atoms with van der Waals surface area (Å²) in [6.45, 7) is 5.67. The van der Waals surface area contributed by atoms with Gasteiger partial charge in [0.2, 0.25) is 10.0 Å². The fourth-order valence-corrected chi connectivity index (χ4v) is 7.15. The van der Waals surface area contributed by atoms with E-state index in [9.17, 15) is 18.3 Å². The molecule has 1 aliphatic heterocycles. The summed E-state index contributed by atoms with van der Waals surface area (Å²) in [4.78, 5) is 17.5. The molecular weight excluding hydrogens is 562 g/mol. The van der Waals surface area contributed by atoms with Crippen LogP contribution in [-0.4, -0.2) is 86.1 Å². The van der Waals surface area contributed by atoms with Gasteiger partial charge < -0.3 is 19.6 Å². The van der Waals surface area contributed by atoms with Crippen LogP contribution in [0.1, 0.15) is 43.7 Å². The van der Waals surface area contributed by atoms with Crippen LogP contribution in [0, 0.1) is 0 Å². The van der Waals surface area contributed by atoms with Crippen molar-refractivity contribution < 1.29 is 23.1 Å². The Morgan fingerprint density at radius 2 is 1.53 bits per heavy atom. The Balaban J connectivity index is 1.37. The fourth-order valence-electron chi connectivity index (χ4n) is 5.83. The first kappa shape index (κ1) is 32.7. The number of carbonyl (C=O) groups excluding carboxylic acids is 1. The van der Waals surface area contributed by atoms with Crippen LogP contribution in [0.25, 0.3) is 0 Å². The molecule has 0 aromatic heterocycles. The van der Waals surface area contributed by atoms with E-state index in [2.05, 4.69) is 24.0 Å². The van der Waals surface area contributed by atoms with Crippen molar-refractivity contribution in [3.63, 3.8) is 0 Å². The molecule has 0 aliphatic carbocycles. The molecule has 1 fully saturated rings. The fraction of sp³-hybridized carbons (Fsp3) is 0.441. The van der Waals surface area contributed by atoms with Crippen LogP contribution < -0.4 is 0 Å². The van der Waals surface area contributed by atoms with E-state index in [0.717, 1.165) is 50.0 Å². The number of nitrogens with zero attached hydrogens (tertiary/aromatic N) is 3. The number of amides is 1. The van der Waals surface area contributed by atoms with Gasteiger partial charge in [-0.1, -0.05) is 85.8 Å². The second-order valence-electron chi connectivity index (χ2n) is 11.6. The molecule has 1 unspecified atom stereocenters. The van der Waals surface area contributed by atoms with E-state index in [1.165, 1.54) is 4.31 Å². The standard InChI is InChI=1S/C34H45N3O5S/c1-34(30-15-8-4-9-16-30,28-35(2)43(40,41)32-17-10-5-11-18-32)21-25-36-23-19-31(20-24-36)37(22-12-26-38)33(39)42-27-29-13-6-3-7-14-29/h3-11,13-18,31,38H,12,19-28H2,1-2H3. The van der Waals surface area contributed by atoms with E-state index in [0.29, 0.717) is 24.4 Å². The number of likely N-dealkylation sites (N-methyl/N-ethyl adjacent to an activating group) is 1. The van der Waals surface area contributed by atoms with Crippen molar-refractivity contribution in [2.75, 3.05) is 46.4 Å². The first-order valence-corrected chi connectivity index (χ1v) is 16.5. The number of hydrogen-bond donors (Lipinski definition) is 1. The lowest BCUT2D eigenvalue weighted by Crippen LogP contribution is -2.49. The number of likely N-dealkylation sites (tertiary alicyclic amines) is 1. The van der Waals surface area contributed by atoms with E-state index < -0.39 is 15.4 Å². The van der Waals surface area contributed by atoms with Gasteiger partial charge in [-0.25, -0.2) is 17.5 Å². The van der Waals surface area contributed by atoms with Crippen molar-refractivity contribution in [3.8, 4) is 0 Å². The molecule has 3 aromatic rings. The molecule has 9 heteroatoms. The van der Waals surface area contributed by atoms with Gasteiger partial charge in [0.1, 0.15) is 6.61 Å². The van der Waals surface area contributed by atoms with Gasteiger partial charge in [-0.3, -0.25) is 0 Å². The minimum absolute atomic E-state index is 0.0216. The lowest BCUT2D eigenvalue weighted by molar-refractivity contribution is 0.0567. The third-order valence-electron chi connectivity index (χ3n) is 8.47. The monoisotopic (exact) mass is 607 g/mol. The van der Waals surface area contributed by atoms with Crippen molar-refractivity contribution >= 4 is 16.1 Å². The normalized spacial score (nSPS) is 16.1. The highest BCUT2D eigenvalue weighted by atomic mass is 32.2. The van der Waals surface area contributed by atoms with Crippen LogP contribution in [0.15, 0.2) is 95.9 Å². The number of rotatable bonds is 14. The quantitative estimate of drug-likeness (QED) is 0.273. The van der Waals surface area contributed by atoms with Crippen molar-refractivity contribution in [1.82, 2.24) is 14.1 Å². The summed E-state index contributed by atoms with van der Waals surface area (Å²) in [5.41, 5.74) is 1.65. The van der Waals surface area contributed by atoms with Crippen molar-refractivity contribution in [3.05, 3.63) is 102 Å². The number of sulfonamides is 1. The van der Waals surface area contributed by atoms with E-state index >= 15 is 0 Å². The zero-order valence-electron chi connectivity index (χ0n) is 25.3. The molecule has 1 aliphatic rings. The van der Waals surface area contributed by atoms with Gasteiger partial charge in [-0.05, 0) is 55.5 Å². The maximum atomic E-state index is 13.4. The predicted molar refractivity (Wildman–Crippen MR) is 169 cm³/mol. The Kier molecular flexibility index (Phi) is 11.8. The van der Waals surface area contributed by atoms with Crippen molar-refractivity contribution in [2.45, 2.75) is 55.6 Å². The zero-order chi connectivity index (χ0) is 30.7. The first-order valence-electron chi connectivity index (χ1n) is 15.1. The number of aliphatic hydroxyl groups excluding tert-OH is 1. The average Bonchev–Trinajstić information content (AvgIpc) is 3.05. The molecule has 8 nitrogen and oxygen atoms in total. The molecule has 0 radical (unpaired) electrons. The second-order valence-corrected chi connectivity index (χ2v) is 13.7. The topological polar surface area (TPSA) is 90.4 Å². The largest absolute Gasteiger partial charge is 0.445 e. The Morgan fingerprint density at radius 1 is 0.953 bits per heavy atom. The summed E-state index contributed by atoms with van der Waals surface area (Å²) < 4.78 is 33.8. The first-order chi connectivity index (χ1) is 20.7. The summed E-state index contributed by atoms with van der Waals surface area (Å²) in [5, 5.41) is 9.43. The maximum Gasteiger partial charge on any atom is 0.410 e. The Hall–Kier alpha value is -3.24. The summed E-state index contributed by atoms with van der Waals surface area (Å²) in [7, 11) is -1.97. The van der Waals surface area contributed by atoms with Gasteiger partial charge in [-0.15, -0.1) is 0 Å². The molecule has 1 amide bonds. The van der Waals surface area contributed by atoms with Gasteiger partial charge in [-0.2, -0.15) is 0 Å². The number of benzene rings is 3. The Morgan fingerprint density at radius 3 is 2.14 bits per heavy atom. The Labute approximate surface area is 256 Å². The molecule has 1 heterocycles. The van der Waals surface area contributed by atoms with E-state index in [1.54, 1.807) is 36.2 Å². The van der Waals surface area contributed by atoms with Crippen LogP contribution in [0.2, 0.25) is 0 Å². The second kappa shape index (κ2) is 15.5. The average molecular weight is 608 g/mol. The lowest BCUT2D eigenvalue weighted by Gasteiger charge is -2.40. The van der Waals surface area contributed by atoms with Gasteiger partial charge in [0.05, 0.1) is 4.90 Å².